The third-order valence-corrected chi connectivity index (χ3v) is 6.84. The average Bonchev–Trinajstić information content (AvgIpc) is 2.73. The van der Waals surface area contributed by atoms with Gasteiger partial charge in [0, 0.05) is 33.2 Å². The van der Waals surface area contributed by atoms with Gasteiger partial charge in [-0.1, -0.05) is 42.5 Å². The maximum absolute atomic E-state index is 12.5. The number of nitrogens with one attached hydrogen (secondary N) is 2. The third kappa shape index (κ3) is 6.87. The van der Waals surface area contributed by atoms with E-state index in [0.717, 1.165) is 30.9 Å². The van der Waals surface area contributed by atoms with Crippen LogP contribution in [0.15, 0.2) is 64.5 Å². The number of hydrogen-bond donors (Lipinski definition) is 2. The molecule has 0 saturated carbocycles. The monoisotopic (exact) mass is 416 g/mol. The highest BCUT2D eigenvalue weighted by atomic mass is 32.2. The third-order valence-electron chi connectivity index (χ3n) is 4.79. The van der Waals surface area contributed by atoms with E-state index in [1.165, 1.54) is 9.87 Å². The van der Waals surface area contributed by atoms with Crippen LogP contribution in [0, 0.1) is 0 Å². The Bertz CT molecular complexity index is 879. The van der Waals surface area contributed by atoms with Crippen molar-refractivity contribution in [2.24, 2.45) is 4.99 Å². The van der Waals surface area contributed by atoms with E-state index in [0.29, 0.717) is 11.4 Å². The molecule has 6 nitrogen and oxygen atoms in total. The Hall–Kier alpha value is -2.38. The minimum atomic E-state index is -3.45. The number of benzene rings is 2. The van der Waals surface area contributed by atoms with Crippen molar-refractivity contribution in [1.82, 2.24) is 14.9 Å². The van der Waals surface area contributed by atoms with Gasteiger partial charge in [0.1, 0.15) is 0 Å². The highest BCUT2D eigenvalue weighted by Crippen LogP contribution is 2.17. The summed E-state index contributed by atoms with van der Waals surface area (Å²) in [5, 5.41) is 6.57. The summed E-state index contributed by atoms with van der Waals surface area (Å²) in [4.78, 5) is 4.55. The normalized spacial score (nSPS) is 12.4. The minimum Gasteiger partial charge on any atom is -0.356 e. The van der Waals surface area contributed by atoms with Gasteiger partial charge in [0.2, 0.25) is 10.0 Å². The lowest BCUT2D eigenvalue weighted by Crippen LogP contribution is -2.37. The van der Waals surface area contributed by atoms with Gasteiger partial charge in [-0.15, -0.1) is 0 Å². The van der Waals surface area contributed by atoms with Gasteiger partial charge in [0.25, 0.3) is 0 Å². The summed E-state index contributed by atoms with van der Waals surface area (Å²) in [5.74, 6) is 0.731. The number of sulfonamides is 1. The Balaban J connectivity index is 1.82. The lowest BCUT2D eigenvalue weighted by Gasteiger charge is -2.21. The highest BCUT2D eigenvalue weighted by molar-refractivity contribution is 7.89. The highest BCUT2D eigenvalue weighted by Gasteiger charge is 2.22. The number of aliphatic imine (C=N–C) groups is 1. The molecule has 0 aromatic heterocycles. The first-order valence-electron chi connectivity index (χ1n) is 9.90. The number of aryl methyl sites for hydroxylation is 1. The molecule has 0 unspecified atom stereocenters. The summed E-state index contributed by atoms with van der Waals surface area (Å²) in [5.41, 5.74) is 2.32. The smallest absolute Gasteiger partial charge is 0.243 e. The summed E-state index contributed by atoms with van der Waals surface area (Å²) in [6, 6.07) is 17.3. The number of nitrogens with zero attached hydrogens (tertiary/aromatic N) is 2. The zero-order chi connectivity index (χ0) is 21.3. The molecule has 0 heterocycles. The molecule has 2 aromatic rings. The van der Waals surface area contributed by atoms with E-state index in [-0.39, 0.29) is 6.04 Å². The maximum Gasteiger partial charge on any atom is 0.243 e. The van der Waals surface area contributed by atoms with Crippen molar-refractivity contribution in [3.8, 4) is 0 Å². The molecule has 0 spiro atoms. The molecule has 0 fully saturated rings. The molecule has 0 amide bonds. The molecule has 0 bridgehead atoms. The second-order valence-corrected chi connectivity index (χ2v) is 9.20. The van der Waals surface area contributed by atoms with Crippen molar-refractivity contribution in [2.45, 2.75) is 44.2 Å². The standard InChI is InChI=1S/C22H32N4O2S/c1-18(2)26(4)29(27,28)21-14-12-20(13-15-21)17-25-22(23-3)24-16-8-11-19-9-6-5-7-10-19/h5-7,9-10,12-15,18H,8,11,16-17H2,1-4H3,(H2,23,24,25). The van der Waals surface area contributed by atoms with Crippen molar-refractivity contribution in [3.05, 3.63) is 65.7 Å². The van der Waals surface area contributed by atoms with Gasteiger partial charge in [-0.05, 0) is 49.9 Å². The van der Waals surface area contributed by atoms with E-state index in [4.69, 9.17) is 0 Å². The van der Waals surface area contributed by atoms with E-state index in [2.05, 4.69) is 39.9 Å². The van der Waals surface area contributed by atoms with E-state index >= 15 is 0 Å². The topological polar surface area (TPSA) is 73.8 Å². The fourth-order valence-corrected chi connectivity index (χ4v) is 4.14. The second kappa shape index (κ2) is 11.0. The van der Waals surface area contributed by atoms with Crippen molar-refractivity contribution < 1.29 is 8.42 Å². The molecule has 0 radical (unpaired) electrons. The average molecular weight is 417 g/mol. The first kappa shape index (κ1) is 22.9. The predicted molar refractivity (Wildman–Crippen MR) is 119 cm³/mol. The molecule has 0 aliphatic heterocycles. The fourth-order valence-electron chi connectivity index (χ4n) is 2.77. The molecule has 0 aliphatic rings. The van der Waals surface area contributed by atoms with Crippen molar-refractivity contribution in [1.29, 1.82) is 0 Å². The first-order valence-corrected chi connectivity index (χ1v) is 11.3. The quantitative estimate of drug-likeness (QED) is 0.374. The molecule has 0 saturated heterocycles. The van der Waals surface area contributed by atoms with Gasteiger partial charge in [0.15, 0.2) is 5.96 Å². The Morgan fingerprint density at radius 3 is 2.24 bits per heavy atom. The van der Waals surface area contributed by atoms with Crippen molar-refractivity contribution in [2.75, 3.05) is 20.6 Å². The van der Waals surface area contributed by atoms with E-state index in [1.54, 1.807) is 26.2 Å². The van der Waals surface area contributed by atoms with Gasteiger partial charge >= 0.3 is 0 Å². The summed E-state index contributed by atoms with van der Waals surface area (Å²) >= 11 is 0. The Morgan fingerprint density at radius 1 is 1.00 bits per heavy atom. The van der Waals surface area contributed by atoms with Gasteiger partial charge in [-0.2, -0.15) is 4.31 Å². The van der Waals surface area contributed by atoms with Crippen LogP contribution < -0.4 is 10.6 Å². The lowest BCUT2D eigenvalue weighted by molar-refractivity contribution is 0.410. The molecule has 2 aromatic carbocycles. The molecular formula is C22H32N4O2S. The number of hydrogen-bond acceptors (Lipinski definition) is 3. The van der Waals surface area contributed by atoms with Crippen LogP contribution >= 0.6 is 0 Å². The Morgan fingerprint density at radius 2 is 1.66 bits per heavy atom. The summed E-state index contributed by atoms with van der Waals surface area (Å²) in [7, 11) is -0.112. The van der Waals surface area contributed by atoms with Gasteiger partial charge in [0.05, 0.1) is 4.90 Å². The van der Waals surface area contributed by atoms with Crippen LogP contribution in [0.3, 0.4) is 0 Å². The Labute approximate surface area is 175 Å². The van der Waals surface area contributed by atoms with E-state index < -0.39 is 10.0 Å². The summed E-state index contributed by atoms with van der Waals surface area (Å²) < 4.78 is 26.4. The van der Waals surface area contributed by atoms with Gasteiger partial charge < -0.3 is 10.6 Å². The molecule has 2 rings (SSSR count). The van der Waals surface area contributed by atoms with Crippen LogP contribution in [-0.2, 0) is 23.0 Å². The number of rotatable bonds is 9. The summed E-state index contributed by atoms with van der Waals surface area (Å²) in [6.07, 6.45) is 2.03. The SMILES string of the molecule is CN=C(NCCCc1ccccc1)NCc1ccc(S(=O)(=O)N(C)C(C)C)cc1. The van der Waals surface area contributed by atoms with Crippen molar-refractivity contribution >= 4 is 16.0 Å². The maximum atomic E-state index is 12.5. The van der Waals surface area contributed by atoms with Crippen LogP contribution in [-0.4, -0.2) is 45.4 Å². The van der Waals surface area contributed by atoms with Crippen LogP contribution in [0.1, 0.15) is 31.4 Å². The molecule has 29 heavy (non-hydrogen) atoms. The van der Waals surface area contributed by atoms with Crippen LogP contribution in [0.25, 0.3) is 0 Å². The second-order valence-electron chi connectivity index (χ2n) is 7.20. The largest absolute Gasteiger partial charge is 0.356 e. The Kier molecular flexibility index (Phi) is 8.67. The molecule has 0 aliphatic carbocycles. The van der Waals surface area contributed by atoms with Crippen LogP contribution in [0.5, 0.6) is 0 Å². The van der Waals surface area contributed by atoms with E-state index in [1.807, 2.05) is 32.0 Å². The zero-order valence-corrected chi connectivity index (χ0v) is 18.5. The molecular weight excluding hydrogens is 384 g/mol. The van der Waals surface area contributed by atoms with Crippen LogP contribution in [0.4, 0.5) is 0 Å². The molecule has 158 valence electrons. The lowest BCUT2D eigenvalue weighted by atomic mass is 10.1. The molecule has 2 N–H and O–H groups in total. The fraction of sp³-hybridized carbons (Fsp3) is 0.409. The summed E-state index contributed by atoms with van der Waals surface area (Å²) in [6.45, 7) is 5.11. The van der Waals surface area contributed by atoms with Crippen molar-refractivity contribution in [3.63, 3.8) is 0 Å². The minimum absolute atomic E-state index is 0.0855. The predicted octanol–water partition coefficient (Wildman–Crippen LogP) is 3.01. The molecule has 7 heteroatoms. The van der Waals surface area contributed by atoms with Gasteiger partial charge in [-0.3, -0.25) is 4.99 Å². The number of guanidine groups is 1. The van der Waals surface area contributed by atoms with Crippen LogP contribution in [0.2, 0.25) is 0 Å². The molecule has 0 atom stereocenters. The van der Waals surface area contributed by atoms with Gasteiger partial charge in [-0.25, -0.2) is 8.42 Å². The first-order chi connectivity index (χ1) is 13.8. The zero-order valence-electron chi connectivity index (χ0n) is 17.7. The van der Waals surface area contributed by atoms with E-state index in [9.17, 15) is 8.42 Å².